The maximum atomic E-state index is 12.9. The van der Waals surface area contributed by atoms with Gasteiger partial charge in [0, 0.05) is 5.02 Å². The Bertz CT molecular complexity index is 1290. The van der Waals surface area contributed by atoms with Gasteiger partial charge in [-0.05, 0) is 42.8 Å². The average molecular weight is 421 g/mol. The Hall–Kier alpha value is -3.31. The van der Waals surface area contributed by atoms with Crippen LogP contribution in [-0.4, -0.2) is 15.7 Å². The monoisotopic (exact) mass is 420 g/mol. The molecule has 0 fully saturated rings. The van der Waals surface area contributed by atoms with Crippen LogP contribution in [-0.2, 0) is 13.1 Å². The summed E-state index contributed by atoms with van der Waals surface area (Å²) in [5.74, 6) is 0.716. The number of fused-ring (bicyclic) bond motifs is 1. The minimum absolute atomic E-state index is 0.241. The van der Waals surface area contributed by atoms with Gasteiger partial charge in [0.1, 0.15) is 12.4 Å². The van der Waals surface area contributed by atoms with Crippen LogP contribution in [0.15, 0.2) is 82.4 Å². The van der Waals surface area contributed by atoms with Gasteiger partial charge in [0.05, 0.1) is 24.1 Å². The minimum atomic E-state index is -0.590. The quantitative estimate of drug-likeness (QED) is 0.438. The Kier molecular flexibility index (Phi) is 5.72. The number of rotatable bonds is 6. The molecule has 5 nitrogen and oxygen atoms in total. The van der Waals surface area contributed by atoms with E-state index in [1.807, 2.05) is 61.5 Å². The van der Waals surface area contributed by atoms with E-state index in [0.717, 1.165) is 11.1 Å². The zero-order valence-corrected chi connectivity index (χ0v) is 17.3. The molecule has 0 radical (unpaired) electrons. The molecule has 0 spiro atoms. The second-order valence-electron chi connectivity index (χ2n) is 7.13. The first-order valence-corrected chi connectivity index (χ1v) is 10.1. The standard InChI is InChI=1S/C24H21ClN2O3/c1-17-7-10-20(11-8-17)30-14-13-26-22-15-19(25)9-12-21(22)27(24(29)23(26)28)16-18-5-3-2-4-6-18/h2-12,15H,13-14,16H2,1H3. The van der Waals surface area contributed by atoms with Crippen molar-refractivity contribution in [1.29, 1.82) is 0 Å². The van der Waals surface area contributed by atoms with Crippen LogP contribution in [0.5, 0.6) is 5.75 Å². The molecule has 0 aliphatic rings. The molecule has 0 aliphatic carbocycles. The van der Waals surface area contributed by atoms with E-state index < -0.39 is 11.1 Å². The second kappa shape index (κ2) is 8.59. The van der Waals surface area contributed by atoms with Crippen LogP contribution in [0.2, 0.25) is 5.02 Å². The lowest BCUT2D eigenvalue weighted by atomic mass is 10.2. The predicted molar refractivity (Wildman–Crippen MR) is 120 cm³/mol. The molecule has 0 unspecified atom stereocenters. The van der Waals surface area contributed by atoms with Gasteiger partial charge in [0.2, 0.25) is 0 Å². The Morgan fingerprint density at radius 2 is 1.53 bits per heavy atom. The number of hydrogen-bond acceptors (Lipinski definition) is 3. The van der Waals surface area contributed by atoms with E-state index >= 15 is 0 Å². The van der Waals surface area contributed by atoms with E-state index in [-0.39, 0.29) is 13.2 Å². The lowest BCUT2D eigenvalue weighted by molar-refractivity contribution is 0.298. The molecule has 30 heavy (non-hydrogen) atoms. The van der Waals surface area contributed by atoms with Gasteiger partial charge in [-0.3, -0.25) is 18.7 Å². The summed E-state index contributed by atoms with van der Waals surface area (Å²) in [6, 6.07) is 22.5. The third-order valence-corrected chi connectivity index (χ3v) is 5.22. The molecular weight excluding hydrogens is 400 g/mol. The predicted octanol–water partition coefficient (Wildman–Crippen LogP) is 4.25. The Balaban J connectivity index is 1.71. The SMILES string of the molecule is Cc1ccc(OCCn2c(=O)c(=O)n(Cc3ccccc3)c3ccc(Cl)cc32)cc1. The maximum Gasteiger partial charge on any atom is 0.317 e. The fourth-order valence-corrected chi connectivity index (χ4v) is 3.59. The molecular formula is C24H21ClN2O3. The highest BCUT2D eigenvalue weighted by Gasteiger charge is 2.14. The third-order valence-electron chi connectivity index (χ3n) is 4.98. The summed E-state index contributed by atoms with van der Waals surface area (Å²) < 4.78 is 8.71. The minimum Gasteiger partial charge on any atom is -0.492 e. The zero-order valence-electron chi connectivity index (χ0n) is 16.5. The van der Waals surface area contributed by atoms with Crippen molar-refractivity contribution in [1.82, 2.24) is 9.13 Å². The molecule has 1 heterocycles. The van der Waals surface area contributed by atoms with Crippen molar-refractivity contribution < 1.29 is 4.74 Å². The first kappa shape index (κ1) is 20.0. The molecule has 6 heteroatoms. The second-order valence-corrected chi connectivity index (χ2v) is 7.56. The number of hydrogen-bond donors (Lipinski definition) is 0. The molecule has 4 rings (SSSR count). The van der Waals surface area contributed by atoms with Crippen LogP contribution in [0.4, 0.5) is 0 Å². The number of aromatic nitrogens is 2. The van der Waals surface area contributed by atoms with Crippen molar-refractivity contribution in [2.24, 2.45) is 0 Å². The topological polar surface area (TPSA) is 53.2 Å². The van der Waals surface area contributed by atoms with Crippen LogP contribution < -0.4 is 15.9 Å². The van der Waals surface area contributed by atoms with Gasteiger partial charge in [0.25, 0.3) is 0 Å². The van der Waals surface area contributed by atoms with E-state index in [9.17, 15) is 9.59 Å². The van der Waals surface area contributed by atoms with E-state index in [4.69, 9.17) is 16.3 Å². The molecule has 0 bridgehead atoms. The van der Waals surface area contributed by atoms with Crippen LogP contribution in [0.1, 0.15) is 11.1 Å². The zero-order chi connectivity index (χ0) is 21.1. The highest BCUT2D eigenvalue weighted by molar-refractivity contribution is 6.31. The van der Waals surface area contributed by atoms with Gasteiger partial charge in [0.15, 0.2) is 0 Å². The largest absolute Gasteiger partial charge is 0.492 e. The van der Waals surface area contributed by atoms with E-state index in [2.05, 4.69) is 0 Å². The third kappa shape index (κ3) is 4.16. The molecule has 0 saturated carbocycles. The number of benzene rings is 3. The molecule has 4 aromatic rings. The van der Waals surface area contributed by atoms with Crippen molar-refractivity contribution in [3.05, 3.63) is 110 Å². The summed E-state index contributed by atoms with van der Waals surface area (Å²) in [6.45, 7) is 2.81. The van der Waals surface area contributed by atoms with Crippen LogP contribution in [0, 0.1) is 6.92 Å². The molecule has 0 amide bonds. The molecule has 3 aromatic carbocycles. The number of aryl methyl sites for hydroxylation is 1. The molecule has 152 valence electrons. The summed E-state index contributed by atoms with van der Waals surface area (Å²) in [4.78, 5) is 25.8. The van der Waals surface area contributed by atoms with Crippen molar-refractivity contribution in [2.75, 3.05) is 6.61 Å². The lowest BCUT2D eigenvalue weighted by Crippen LogP contribution is -2.42. The van der Waals surface area contributed by atoms with Crippen molar-refractivity contribution in [3.8, 4) is 5.75 Å². The Morgan fingerprint density at radius 1 is 0.833 bits per heavy atom. The first-order valence-electron chi connectivity index (χ1n) is 9.69. The van der Waals surface area contributed by atoms with E-state index in [0.29, 0.717) is 28.4 Å². The molecule has 0 N–H and O–H groups in total. The van der Waals surface area contributed by atoms with Gasteiger partial charge < -0.3 is 4.74 Å². The molecule has 0 aliphatic heterocycles. The van der Waals surface area contributed by atoms with Crippen molar-refractivity contribution in [2.45, 2.75) is 20.0 Å². The number of halogens is 1. The summed E-state index contributed by atoms with van der Waals surface area (Å²) >= 11 is 6.21. The van der Waals surface area contributed by atoms with Gasteiger partial charge in [-0.15, -0.1) is 0 Å². The number of nitrogens with zero attached hydrogens (tertiary/aromatic N) is 2. The molecule has 1 aromatic heterocycles. The Morgan fingerprint density at radius 3 is 2.27 bits per heavy atom. The fourth-order valence-electron chi connectivity index (χ4n) is 3.42. The summed E-state index contributed by atoms with van der Waals surface area (Å²) in [5, 5.41) is 0.500. The van der Waals surface area contributed by atoms with Crippen molar-refractivity contribution >= 4 is 22.6 Å². The van der Waals surface area contributed by atoms with Crippen LogP contribution in [0.3, 0.4) is 0 Å². The van der Waals surface area contributed by atoms with Crippen molar-refractivity contribution in [3.63, 3.8) is 0 Å². The first-order chi connectivity index (χ1) is 14.5. The van der Waals surface area contributed by atoms with Gasteiger partial charge in [-0.2, -0.15) is 0 Å². The fraction of sp³-hybridized carbons (Fsp3) is 0.167. The average Bonchev–Trinajstić information content (AvgIpc) is 2.76. The highest BCUT2D eigenvalue weighted by atomic mass is 35.5. The summed E-state index contributed by atoms with van der Waals surface area (Å²) in [7, 11) is 0. The Labute approximate surface area is 178 Å². The summed E-state index contributed by atoms with van der Waals surface area (Å²) in [5.41, 5.74) is 2.19. The van der Waals surface area contributed by atoms with Crippen LogP contribution in [0.25, 0.3) is 11.0 Å². The molecule has 0 saturated heterocycles. The molecule has 0 atom stereocenters. The smallest absolute Gasteiger partial charge is 0.317 e. The van der Waals surface area contributed by atoms with Crippen LogP contribution >= 0.6 is 11.6 Å². The lowest BCUT2D eigenvalue weighted by Gasteiger charge is -2.16. The van der Waals surface area contributed by atoms with E-state index in [1.54, 1.807) is 18.2 Å². The maximum absolute atomic E-state index is 12.9. The highest BCUT2D eigenvalue weighted by Crippen LogP contribution is 2.19. The van der Waals surface area contributed by atoms with E-state index in [1.165, 1.54) is 9.13 Å². The number of ether oxygens (including phenoxy) is 1. The van der Waals surface area contributed by atoms with Gasteiger partial charge >= 0.3 is 11.1 Å². The summed E-state index contributed by atoms with van der Waals surface area (Å²) in [6.07, 6.45) is 0. The van der Waals surface area contributed by atoms with Gasteiger partial charge in [-0.25, -0.2) is 0 Å². The normalized spacial score (nSPS) is 11.0. The van der Waals surface area contributed by atoms with Gasteiger partial charge in [-0.1, -0.05) is 59.6 Å².